The molecule has 1 aromatic carbocycles. The van der Waals surface area contributed by atoms with Crippen molar-refractivity contribution in [1.82, 2.24) is 0 Å². The summed E-state index contributed by atoms with van der Waals surface area (Å²) < 4.78 is 12.5. The third-order valence-corrected chi connectivity index (χ3v) is 2.46. The Hall–Kier alpha value is -1.07. The third kappa shape index (κ3) is 2.46. The van der Waals surface area contributed by atoms with Crippen molar-refractivity contribution in [3.05, 3.63) is 35.6 Å². The van der Waals surface area contributed by atoms with Crippen LogP contribution in [0, 0.1) is 5.82 Å². The van der Waals surface area contributed by atoms with Gasteiger partial charge in [0.15, 0.2) is 0 Å². The van der Waals surface area contributed by atoms with E-state index in [1.54, 1.807) is 0 Å². The van der Waals surface area contributed by atoms with E-state index in [0.717, 1.165) is 0 Å². The number of carbonyl (C=O) groups is 1. The van der Waals surface area contributed by atoms with Crippen LogP contribution in [-0.4, -0.2) is 17.1 Å². The molecule has 2 atom stereocenters. The van der Waals surface area contributed by atoms with Gasteiger partial charge in [0.1, 0.15) is 11.9 Å². The highest BCUT2D eigenvalue weighted by atomic mass is 32.1. The minimum Gasteiger partial charge on any atom is -0.480 e. The van der Waals surface area contributed by atoms with Gasteiger partial charge >= 0.3 is 5.97 Å². The molecule has 0 aliphatic rings. The van der Waals surface area contributed by atoms with Crippen molar-refractivity contribution >= 4 is 18.6 Å². The van der Waals surface area contributed by atoms with Crippen LogP contribution in [0.1, 0.15) is 10.8 Å². The number of halogens is 1. The maximum Gasteiger partial charge on any atom is 0.321 e. The van der Waals surface area contributed by atoms with Crippen LogP contribution in [0.4, 0.5) is 4.39 Å². The standard InChI is InChI=1S/C9H10FNO2S/c10-6-3-1-5(2-4-6)8(14)7(11)9(12)13/h1-4,7-8,14H,11H2,(H,12,13). The van der Waals surface area contributed by atoms with Crippen molar-refractivity contribution < 1.29 is 14.3 Å². The van der Waals surface area contributed by atoms with E-state index in [1.165, 1.54) is 24.3 Å². The predicted octanol–water partition coefficient (Wildman–Crippen LogP) is 1.21. The first kappa shape index (κ1) is 11.0. The van der Waals surface area contributed by atoms with E-state index in [1.807, 2.05) is 0 Å². The Morgan fingerprint density at radius 2 is 1.93 bits per heavy atom. The summed E-state index contributed by atoms with van der Waals surface area (Å²) in [6, 6.07) is 4.33. The lowest BCUT2D eigenvalue weighted by Crippen LogP contribution is -2.34. The Morgan fingerprint density at radius 3 is 2.36 bits per heavy atom. The average molecular weight is 215 g/mol. The molecular formula is C9H10FNO2S. The first-order valence-corrected chi connectivity index (χ1v) is 4.46. The summed E-state index contributed by atoms with van der Waals surface area (Å²) in [5, 5.41) is 7.99. The van der Waals surface area contributed by atoms with Crippen LogP contribution >= 0.6 is 12.6 Å². The van der Waals surface area contributed by atoms with Crippen LogP contribution in [0.2, 0.25) is 0 Å². The van der Waals surface area contributed by atoms with Crippen molar-refractivity contribution in [2.24, 2.45) is 5.73 Å². The molecular weight excluding hydrogens is 205 g/mol. The van der Waals surface area contributed by atoms with Crippen LogP contribution in [0.15, 0.2) is 24.3 Å². The lowest BCUT2D eigenvalue weighted by Gasteiger charge is -2.15. The zero-order chi connectivity index (χ0) is 10.7. The van der Waals surface area contributed by atoms with Crippen molar-refractivity contribution in [3.8, 4) is 0 Å². The maximum absolute atomic E-state index is 12.5. The van der Waals surface area contributed by atoms with E-state index in [9.17, 15) is 9.18 Å². The van der Waals surface area contributed by atoms with E-state index in [4.69, 9.17) is 10.8 Å². The summed E-state index contributed by atoms with van der Waals surface area (Å²) in [5.41, 5.74) is 5.95. The average Bonchev–Trinajstić information content (AvgIpc) is 2.16. The van der Waals surface area contributed by atoms with E-state index in [0.29, 0.717) is 5.56 Å². The lowest BCUT2D eigenvalue weighted by molar-refractivity contribution is -0.138. The first-order valence-electron chi connectivity index (χ1n) is 3.94. The Bertz CT molecular complexity index is 328. The minimum absolute atomic E-state index is 0.377. The fraction of sp³-hybridized carbons (Fsp3) is 0.222. The summed E-state index contributed by atoms with van der Waals surface area (Å²) in [6.45, 7) is 0. The van der Waals surface area contributed by atoms with Crippen molar-refractivity contribution in [1.29, 1.82) is 0 Å². The summed E-state index contributed by atoms with van der Waals surface area (Å²) in [6.07, 6.45) is 0. The number of rotatable bonds is 3. The minimum atomic E-state index is -1.13. The summed E-state index contributed by atoms with van der Waals surface area (Å²) in [5.74, 6) is -1.51. The zero-order valence-electron chi connectivity index (χ0n) is 7.22. The molecule has 0 aromatic heterocycles. The first-order chi connectivity index (χ1) is 6.52. The number of carboxylic acid groups (broad SMARTS) is 1. The van der Waals surface area contributed by atoms with Gasteiger partial charge in [0.2, 0.25) is 0 Å². The SMILES string of the molecule is NC(C(=O)O)C(S)c1ccc(F)cc1. The van der Waals surface area contributed by atoms with Crippen molar-refractivity contribution in [2.75, 3.05) is 0 Å². The molecule has 3 N–H and O–H groups in total. The molecule has 0 spiro atoms. The molecule has 0 amide bonds. The normalized spacial score (nSPS) is 14.8. The monoisotopic (exact) mass is 215 g/mol. The van der Waals surface area contributed by atoms with Crippen molar-refractivity contribution in [3.63, 3.8) is 0 Å². The molecule has 76 valence electrons. The molecule has 14 heavy (non-hydrogen) atoms. The number of hydrogen-bond acceptors (Lipinski definition) is 3. The van der Waals surface area contributed by atoms with Gasteiger partial charge in [-0.25, -0.2) is 4.39 Å². The molecule has 0 aliphatic carbocycles. The van der Waals surface area contributed by atoms with Gasteiger partial charge in [-0.05, 0) is 17.7 Å². The lowest BCUT2D eigenvalue weighted by atomic mass is 10.1. The molecule has 0 aliphatic heterocycles. The van der Waals surface area contributed by atoms with Crippen molar-refractivity contribution in [2.45, 2.75) is 11.3 Å². The molecule has 1 rings (SSSR count). The van der Waals surface area contributed by atoms with E-state index < -0.39 is 17.3 Å². The molecule has 0 radical (unpaired) electrons. The second-order valence-corrected chi connectivity index (χ2v) is 3.42. The molecule has 0 fully saturated rings. The Kier molecular flexibility index (Phi) is 3.49. The molecule has 0 bridgehead atoms. The Balaban J connectivity index is 2.84. The quantitative estimate of drug-likeness (QED) is 0.664. The third-order valence-electron chi connectivity index (χ3n) is 1.84. The number of aliphatic carboxylic acids is 1. The van der Waals surface area contributed by atoms with Gasteiger partial charge in [-0.3, -0.25) is 4.79 Å². The van der Waals surface area contributed by atoms with E-state index >= 15 is 0 Å². The molecule has 0 heterocycles. The number of carboxylic acids is 1. The Morgan fingerprint density at radius 1 is 1.43 bits per heavy atom. The van der Waals surface area contributed by atoms with Gasteiger partial charge in [-0.2, -0.15) is 12.6 Å². The predicted molar refractivity (Wildman–Crippen MR) is 53.7 cm³/mol. The fourth-order valence-corrected chi connectivity index (χ4v) is 1.30. The molecule has 1 aromatic rings. The second kappa shape index (κ2) is 4.43. The van der Waals surface area contributed by atoms with E-state index in [2.05, 4.69) is 12.6 Å². The van der Waals surface area contributed by atoms with E-state index in [-0.39, 0.29) is 5.82 Å². The number of thiol groups is 1. The maximum atomic E-state index is 12.5. The van der Waals surface area contributed by atoms with Gasteiger partial charge in [0.05, 0.1) is 5.25 Å². The Labute approximate surface area is 86.1 Å². The van der Waals surface area contributed by atoms with Gasteiger partial charge < -0.3 is 10.8 Å². The highest BCUT2D eigenvalue weighted by Gasteiger charge is 2.22. The summed E-state index contributed by atoms with van der Waals surface area (Å²) >= 11 is 4.06. The molecule has 5 heteroatoms. The highest BCUT2D eigenvalue weighted by molar-refractivity contribution is 7.80. The van der Waals surface area contributed by atoms with Crippen LogP contribution in [0.3, 0.4) is 0 Å². The molecule has 0 saturated heterocycles. The molecule has 0 saturated carbocycles. The fourth-order valence-electron chi connectivity index (χ4n) is 1.00. The molecule has 3 nitrogen and oxygen atoms in total. The van der Waals surface area contributed by atoms with Crippen LogP contribution in [0.5, 0.6) is 0 Å². The number of hydrogen-bond donors (Lipinski definition) is 3. The summed E-state index contributed by atoms with van der Waals surface area (Å²) in [4.78, 5) is 10.5. The van der Waals surface area contributed by atoms with Gasteiger partial charge in [-0.15, -0.1) is 0 Å². The topological polar surface area (TPSA) is 63.3 Å². The highest BCUT2D eigenvalue weighted by Crippen LogP contribution is 2.22. The molecule has 2 unspecified atom stereocenters. The van der Waals surface area contributed by atoms with Crippen LogP contribution in [-0.2, 0) is 4.79 Å². The van der Waals surface area contributed by atoms with Crippen LogP contribution in [0.25, 0.3) is 0 Å². The largest absolute Gasteiger partial charge is 0.480 e. The zero-order valence-corrected chi connectivity index (χ0v) is 8.12. The smallest absolute Gasteiger partial charge is 0.321 e. The van der Waals surface area contributed by atoms with Gasteiger partial charge in [0, 0.05) is 0 Å². The second-order valence-electron chi connectivity index (χ2n) is 2.86. The van der Waals surface area contributed by atoms with Gasteiger partial charge in [-0.1, -0.05) is 12.1 Å². The van der Waals surface area contributed by atoms with Crippen LogP contribution < -0.4 is 5.73 Å². The summed E-state index contributed by atoms with van der Waals surface area (Å²) in [7, 11) is 0. The van der Waals surface area contributed by atoms with Gasteiger partial charge in [0.25, 0.3) is 0 Å². The number of nitrogens with two attached hydrogens (primary N) is 1. The number of benzene rings is 1.